The maximum atomic E-state index is 11.4. The van der Waals surface area contributed by atoms with E-state index in [1.165, 1.54) is 6.42 Å². The van der Waals surface area contributed by atoms with E-state index in [1.54, 1.807) is 11.8 Å². The summed E-state index contributed by atoms with van der Waals surface area (Å²) in [6.07, 6.45) is 2.32. The highest BCUT2D eigenvalue weighted by Crippen LogP contribution is 2.05. The second-order valence-electron chi connectivity index (χ2n) is 4.01. The number of nitrogens with one attached hydrogen (secondary N) is 1. The molecule has 0 fully saturated rings. The molecule has 0 bridgehead atoms. The fourth-order valence-electron chi connectivity index (χ4n) is 1.08. The van der Waals surface area contributed by atoms with Gasteiger partial charge in [0.05, 0.1) is 18.4 Å². The average Bonchev–Trinajstić information content (AvgIpc) is 2.20. The third kappa shape index (κ3) is 7.68. The Balaban J connectivity index is 3.62. The monoisotopic (exact) mass is 233 g/mol. The van der Waals surface area contributed by atoms with Crippen molar-refractivity contribution in [2.75, 3.05) is 18.1 Å². The number of aliphatic hydroxyl groups excluding tert-OH is 1. The summed E-state index contributed by atoms with van der Waals surface area (Å²) in [4.78, 5) is 11.4. The molecule has 0 heterocycles. The first-order chi connectivity index (χ1) is 7.11. The zero-order chi connectivity index (χ0) is 11.7. The molecule has 0 aliphatic rings. The van der Waals surface area contributed by atoms with Crippen LogP contribution in [0.1, 0.15) is 33.6 Å². The number of hydrogen-bond acceptors (Lipinski definition) is 3. The van der Waals surface area contributed by atoms with E-state index in [2.05, 4.69) is 12.2 Å². The Morgan fingerprint density at radius 2 is 2.13 bits per heavy atom. The van der Waals surface area contributed by atoms with Crippen LogP contribution < -0.4 is 5.32 Å². The van der Waals surface area contributed by atoms with E-state index in [9.17, 15) is 4.79 Å². The van der Waals surface area contributed by atoms with Crippen LogP contribution in [0.4, 0.5) is 0 Å². The van der Waals surface area contributed by atoms with Crippen molar-refractivity contribution in [1.82, 2.24) is 5.32 Å². The summed E-state index contributed by atoms with van der Waals surface area (Å²) >= 11 is 1.66. The van der Waals surface area contributed by atoms with Gasteiger partial charge in [-0.15, -0.1) is 0 Å². The Bertz CT molecular complexity index is 174. The molecule has 15 heavy (non-hydrogen) atoms. The molecular formula is C11H23NO2S. The maximum absolute atomic E-state index is 11.4. The third-order valence-electron chi connectivity index (χ3n) is 2.22. The van der Waals surface area contributed by atoms with Crippen molar-refractivity contribution < 1.29 is 9.90 Å². The van der Waals surface area contributed by atoms with Gasteiger partial charge in [0, 0.05) is 0 Å². The summed E-state index contributed by atoms with van der Waals surface area (Å²) in [5.74, 6) is 1.85. The second-order valence-corrected chi connectivity index (χ2v) is 5.11. The van der Waals surface area contributed by atoms with E-state index in [0.717, 1.165) is 12.2 Å². The standard InChI is InChI=1S/C11H23NO2S/c1-4-5-6-15-8-11(14)12-10(7-13)9(2)3/h9-10,13H,4-8H2,1-3H3,(H,12,14)/t10-/m1/s1. The summed E-state index contributed by atoms with van der Waals surface area (Å²) in [5.41, 5.74) is 0. The lowest BCUT2D eigenvalue weighted by Gasteiger charge is -2.19. The molecule has 0 aliphatic heterocycles. The molecule has 2 N–H and O–H groups in total. The summed E-state index contributed by atoms with van der Waals surface area (Å²) in [6.45, 7) is 6.14. The van der Waals surface area contributed by atoms with E-state index in [4.69, 9.17) is 5.11 Å². The topological polar surface area (TPSA) is 49.3 Å². The lowest BCUT2D eigenvalue weighted by atomic mass is 10.1. The van der Waals surface area contributed by atoms with Gasteiger partial charge in [-0.05, 0) is 18.1 Å². The van der Waals surface area contributed by atoms with Crippen molar-refractivity contribution in [2.45, 2.75) is 39.7 Å². The van der Waals surface area contributed by atoms with Gasteiger partial charge >= 0.3 is 0 Å². The SMILES string of the molecule is CCCCSCC(=O)N[C@H](CO)C(C)C. The van der Waals surface area contributed by atoms with Crippen molar-refractivity contribution in [2.24, 2.45) is 5.92 Å². The number of aliphatic hydroxyl groups is 1. The van der Waals surface area contributed by atoms with Gasteiger partial charge in [0.1, 0.15) is 0 Å². The molecule has 0 aliphatic carbocycles. The number of hydrogen-bond donors (Lipinski definition) is 2. The van der Waals surface area contributed by atoms with Crippen LogP contribution in [0.2, 0.25) is 0 Å². The summed E-state index contributed by atoms with van der Waals surface area (Å²) in [5, 5.41) is 11.9. The van der Waals surface area contributed by atoms with E-state index in [1.807, 2.05) is 13.8 Å². The highest BCUT2D eigenvalue weighted by atomic mass is 32.2. The summed E-state index contributed by atoms with van der Waals surface area (Å²) < 4.78 is 0. The third-order valence-corrected chi connectivity index (χ3v) is 3.27. The van der Waals surface area contributed by atoms with Gasteiger partial charge in [0.15, 0.2) is 0 Å². The lowest BCUT2D eigenvalue weighted by molar-refractivity contribution is -0.119. The van der Waals surface area contributed by atoms with Crippen molar-refractivity contribution in [3.05, 3.63) is 0 Å². The van der Waals surface area contributed by atoms with Crippen LogP contribution in [-0.2, 0) is 4.79 Å². The first-order valence-corrected chi connectivity index (χ1v) is 6.75. The quantitative estimate of drug-likeness (QED) is 0.627. The molecule has 1 amide bonds. The summed E-state index contributed by atoms with van der Waals surface area (Å²) in [6, 6.07) is -0.107. The molecule has 3 nitrogen and oxygen atoms in total. The number of carbonyl (C=O) groups is 1. The van der Waals surface area contributed by atoms with E-state index in [-0.39, 0.29) is 24.5 Å². The molecule has 0 radical (unpaired) electrons. The Labute approximate surface area is 97.0 Å². The van der Waals surface area contributed by atoms with Gasteiger partial charge in [0.2, 0.25) is 5.91 Å². The molecule has 0 rings (SSSR count). The number of thioether (sulfide) groups is 1. The first-order valence-electron chi connectivity index (χ1n) is 5.59. The number of amides is 1. The summed E-state index contributed by atoms with van der Waals surface area (Å²) in [7, 11) is 0. The Hall–Kier alpha value is -0.220. The van der Waals surface area contributed by atoms with Gasteiger partial charge in [-0.2, -0.15) is 11.8 Å². The van der Waals surface area contributed by atoms with Gasteiger partial charge in [0.25, 0.3) is 0 Å². The van der Waals surface area contributed by atoms with Crippen molar-refractivity contribution in [3.63, 3.8) is 0 Å². The van der Waals surface area contributed by atoms with Crippen molar-refractivity contribution in [3.8, 4) is 0 Å². The van der Waals surface area contributed by atoms with Crippen LogP contribution in [-0.4, -0.2) is 35.2 Å². The molecule has 90 valence electrons. The number of carbonyl (C=O) groups excluding carboxylic acids is 1. The van der Waals surface area contributed by atoms with Gasteiger partial charge in [-0.3, -0.25) is 4.79 Å². The molecule has 0 saturated heterocycles. The molecule has 0 saturated carbocycles. The highest BCUT2D eigenvalue weighted by molar-refractivity contribution is 7.99. The second kappa shape index (κ2) is 9.04. The Kier molecular flexibility index (Phi) is 8.91. The maximum Gasteiger partial charge on any atom is 0.230 e. The van der Waals surface area contributed by atoms with E-state index in [0.29, 0.717) is 5.75 Å². The van der Waals surface area contributed by atoms with Crippen molar-refractivity contribution in [1.29, 1.82) is 0 Å². The highest BCUT2D eigenvalue weighted by Gasteiger charge is 2.14. The lowest BCUT2D eigenvalue weighted by Crippen LogP contribution is -2.42. The van der Waals surface area contributed by atoms with Gasteiger partial charge < -0.3 is 10.4 Å². The molecule has 4 heteroatoms. The molecule has 0 aromatic heterocycles. The van der Waals surface area contributed by atoms with Gasteiger partial charge in [-0.1, -0.05) is 27.2 Å². The van der Waals surface area contributed by atoms with Crippen LogP contribution in [0.5, 0.6) is 0 Å². The van der Waals surface area contributed by atoms with Gasteiger partial charge in [-0.25, -0.2) is 0 Å². The van der Waals surface area contributed by atoms with Crippen LogP contribution in [0, 0.1) is 5.92 Å². The largest absolute Gasteiger partial charge is 0.394 e. The predicted molar refractivity (Wildman–Crippen MR) is 66.1 cm³/mol. The van der Waals surface area contributed by atoms with Crippen molar-refractivity contribution >= 4 is 17.7 Å². The minimum absolute atomic E-state index is 0.0169. The zero-order valence-corrected chi connectivity index (χ0v) is 10.8. The first kappa shape index (κ1) is 14.8. The Morgan fingerprint density at radius 3 is 2.60 bits per heavy atom. The zero-order valence-electron chi connectivity index (χ0n) is 9.95. The minimum atomic E-state index is -0.107. The molecule has 1 atom stereocenters. The van der Waals surface area contributed by atoms with E-state index < -0.39 is 0 Å². The normalized spacial score (nSPS) is 12.9. The fourth-order valence-corrected chi connectivity index (χ4v) is 1.99. The van der Waals surface area contributed by atoms with Crippen LogP contribution in [0.25, 0.3) is 0 Å². The van der Waals surface area contributed by atoms with Crippen LogP contribution in [0.15, 0.2) is 0 Å². The molecule has 0 aromatic carbocycles. The molecule has 0 spiro atoms. The van der Waals surface area contributed by atoms with E-state index >= 15 is 0 Å². The number of unbranched alkanes of at least 4 members (excludes halogenated alkanes) is 1. The Morgan fingerprint density at radius 1 is 1.47 bits per heavy atom. The fraction of sp³-hybridized carbons (Fsp3) is 0.909. The van der Waals surface area contributed by atoms with Crippen LogP contribution >= 0.6 is 11.8 Å². The average molecular weight is 233 g/mol. The molecule has 0 unspecified atom stereocenters. The smallest absolute Gasteiger partial charge is 0.230 e. The number of rotatable bonds is 8. The molecule has 0 aromatic rings. The van der Waals surface area contributed by atoms with Crippen LogP contribution in [0.3, 0.4) is 0 Å². The molecular weight excluding hydrogens is 210 g/mol. The predicted octanol–water partition coefficient (Wildman–Crippen LogP) is 1.65. The minimum Gasteiger partial charge on any atom is -0.394 e.